The third-order valence-corrected chi connectivity index (χ3v) is 7.47. The van der Waals surface area contributed by atoms with Crippen LogP contribution in [0, 0.1) is 10.1 Å². The maximum absolute atomic E-state index is 13.0. The van der Waals surface area contributed by atoms with E-state index in [0.29, 0.717) is 20.8 Å². The van der Waals surface area contributed by atoms with Crippen LogP contribution in [0.3, 0.4) is 0 Å². The number of hydrogen-bond donors (Lipinski definition) is 1. The van der Waals surface area contributed by atoms with E-state index in [1.165, 1.54) is 34.8 Å². The largest absolute Gasteiger partial charge is 0.462 e. The van der Waals surface area contributed by atoms with E-state index in [2.05, 4.69) is 17.1 Å². The molecule has 1 aliphatic heterocycles. The van der Waals surface area contributed by atoms with E-state index in [4.69, 9.17) is 4.74 Å². The molecule has 0 saturated carbocycles. The van der Waals surface area contributed by atoms with Gasteiger partial charge in [0.1, 0.15) is 5.00 Å². The number of nitro groups is 1. The molecule has 4 rings (SSSR count). The zero-order valence-corrected chi connectivity index (χ0v) is 18.7. The number of benzene rings is 1. The molecule has 10 heteroatoms. The maximum atomic E-state index is 13.0. The number of nitro benzene ring substituents is 1. The Morgan fingerprint density at radius 3 is 2.77 bits per heavy atom. The molecule has 1 amide bonds. The fraction of sp³-hybridized carbons (Fsp3) is 0.333. The summed E-state index contributed by atoms with van der Waals surface area (Å²) in [5, 5.41) is 15.0. The van der Waals surface area contributed by atoms with Gasteiger partial charge in [-0.2, -0.15) is 0 Å². The standard InChI is InChI=1S/C21H21N3O5S2/c1-3-23-8-7-14-17(11-23)31-20(18(14)21(26)29-4-2)22-19(25)16-10-12-9-13(24(27)28)5-6-15(12)30-16/h5-6,9-10H,3-4,7-8,11H2,1-2H3,(H,22,25). The molecular weight excluding hydrogens is 438 g/mol. The normalized spacial score (nSPS) is 13.7. The molecule has 0 spiro atoms. The van der Waals surface area contributed by atoms with Crippen molar-refractivity contribution in [2.24, 2.45) is 0 Å². The van der Waals surface area contributed by atoms with Gasteiger partial charge in [0.2, 0.25) is 0 Å². The third-order valence-electron chi connectivity index (χ3n) is 5.22. The predicted octanol–water partition coefficient (Wildman–Crippen LogP) is 4.68. The molecular formula is C21H21N3O5S2. The number of fused-ring (bicyclic) bond motifs is 2. The molecule has 0 aliphatic carbocycles. The Labute approximate surface area is 186 Å². The van der Waals surface area contributed by atoms with Gasteiger partial charge in [0, 0.05) is 40.2 Å². The Hall–Kier alpha value is -2.82. The second-order valence-corrected chi connectivity index (χ2v) is 9.28. The molecule has 31 heavy (non-hydrogen) atoms. The maximum Gasteiger partial charge on any atom is 0.341 e. The van der Waals surface area contributed by atoms with Gasteiger partial charge < -0.3 is 10.1 Å². The molecule has 3 aromatic rings. The first-order valence-corrected chi connectivity index (χ1v) is 11.6. The second-order valence-electron chi connectivity index (χ2n) is 7.09. The van der Waals surface area contributed by atoms with Gasteiger partial charge in [0.25, 0.3) is 11.6 Å². The van der Waals surface area contributed by atoms with E-state index in [1.54, 1.807) is 19.1 Å². The minimum absolute atomic E-state index is 0.0201. The Bertz CT molecular complexity index is 1180. The summed E-state index contributed by atoms with van der Waals surface area (Å²) in [5.74, 6) is -0.771. The van der Waals surface area contributed by atoms with Crippen LogP contribution in [0.2, 0.25) is 0 Å². The van der Waals surface area contributed by atoms with Crippen molar-refractivity contribution in [1.29, 1.82) is 0 Å². The molecule has 162 valence electrons. The smallest absolute Gasteiger partial charge is 0.341 e. The second kappa shape index (κ2) is 8.74. The van der Waals surface area contributed by atoms with Crippen LogP contribution in [0.15, 0.2) is 24.3 Å². The van der Waals surface area contributed by atoms with E-state index < -0.39 is 10.9 Å². The Morgan fingerprint density at radius 1 is 1.26 bits per heavy atom. The number of hydrogen-bond acceptors (Lipinski definition) is 8. The van der Waals surface area contributed by atoms with Crippen molar-refractivity contribution in [2.45, 2.75) is 26.8 Å². The van der Waals surface area contributed by atoms with Crippen molar-refractivity contribution in [3.8, 4) is 0 Å². The van der Waals surface area contributed by atoms with Crippen LogP contribution in [0.25, 0.3) is 10.1 Å². The lowest BCUT2D eigenvalue weighted by Crippen LogP contribution is -2.30. The van der Waals surface area contributed by atoms with Crippen LogP contribution in [0.1, 0.15) is 44.3 Å². The number of carbonyl (C=O) groups excluding carboxylic acids is 2. The molecule has 3 heterocycles. The first-order chi connectivity index (χ1) is 14.9. The number of thiophene rings is 2. The summed E-state index contributed by atoms with van der Waals surface area (Å²) >= 11 is 2.67. The van der Waals surface area contributed by atoms with E-state index in [0.717, 1.165) is 41.2 Å². The zero-order chi connectivity index (χ0) is 22.1. The number of likely N-dealkylation sites (N-methyl/N-ethyl adjacent to an activating group) is 1. The summed E-state index contributed by atoms with van der Waals surface area (Å²) in [6.45, 7) is 6.62. The minimum Gasteiger partial charge on any atom is -0.462 e. The molecule has 0 bridgehead atoms. The Kier molecular flexibility index (Phi) is 6.03. The highest BCUT2D eigenvalue weighted by Crippen LogP contribution is 2.38. The van der Waals surface area contributed by atoms with Gasteiger partial charge in [0.15, 0.2) is 0 Å². The summed E-state index contributed by atoms with van der Waals surface area (Å²) in [4.78, 5) is 40.0. The number of esters is 1. The van der Waals surface area contributed by atoms with Crippen molar-refractivity contribution in [1.82, 2.24) is 4.90 Å². The van der Waals surface area contributed by atoms with Crippen molar-refractivity contribution in [3.63, 3.8) is 0 Å². The van der Waals surface area contributed by atoms with Gasteiger partial charge in [-0.05, 0) is 37.6 Å². The number of rotatable bonds is 6. The Morgan fingerprint density at radius 2 is 2.06 bits per heavy atom. The molecule has 1 aliphatic rings. The number of nitrogens with one attached hydrogen (secondary N) is 1. The molecule has 0 atom stereocenters. The lowest BCUT2D eigenvalue weighted by atomic mass is 10.0. The SMILES string of the molecule is CCOC(=O)c1c(NC(=O)c2cc3cc([N+](=O)[O-])ccc3s2)sc2c1CCN(CC)C2. The molecule has 1 aromatic carbocycles. The highest BCUT2D eigenvalue weighted by Gasteiger charge is 2.29. The Balaban J connectivity index is 1.66. The molecule has 0 radical (unpaired) electrons. The molecule has 8 nitrogen and oxygen atoms in total. The predicted molar refractivity (Wildman–Crippen MR) is 121 cm³/mol. The van der Waals surface area contributed by atoms with Gasteiger partial charge in [-0.1, -0.05) is 6.92 Å². The molecule has 0 saturated heterocycles. The van der Waals surface area contributed by atoms with Gasteiger partial charge in [-0.15, -0.1) is 22.7 Å². The summed E-state index contributed by atoms with van der Waals surface area (Å²) < 4.78 is 6.04. The van der Waals surface area contributed by atoms with E-state index in [-0.39, 0.29) is 18.2 Å². The number of anilines is 1. The van der Waals surface area contributed by atoms with Crippen molar-refractivity contribution in [3.05, 3.63) is 55.3 Å². The quantitative estimate of drug-likeness (QED) is 0.326. The molecule has 1 N–H and O–H groups in total. The lowest BCUT2D eigenvalue weighted by molar-refractivity contribution is -0.384. The summed E-state index contributed by atoms with van der Waals surface area (Å²) in [6.07, 6.45) is 0.732. The molecule has 0 unspecified atom stereocenters. The van der Waals surface area contributed by atoms with Crippen LogP contribution >= 0.6 is 22.7 Å². The van der Waals surface area contributed by atoms with Crippen molar-refractivity contribution < 1.29 is 19.2 Å². The first kappa shape index (κ1) is 21.4. The highest BCUT2D eigenvalue weighted by atomic mass is 32.1. The summed E-state index contributed by atoms with van der Waals surface area (Å²) in [7, 11) is 0. The molecule has 2 aromatic heterocycles. The third kappa shape index (κ3) is 4.18. The fourth-order valence-electron chi connectivity index (χ4n) is 3.65. The lowest BCUT2D eigenvalue weighted by Gasteiger charge is -2.25. The van der Waals surface area contributed by atoms with E-state index >= 15 is 0 Å². The van der Waals surface area contributed by atoms with Crippen LogP contribution in [0.5, 0.6) is 0 Å². The number of nitrogens with zero attached hydrogens (tertiary/aromatic N) is 2. The summed E-state index contributed by atoms with van der Waals surface area (Å²) in [6, 6.07) is 6.16. The van der Waals surface area contributed by atoms with Gasteiger partial charge in [-0.25, -0.2) is 4.79 Å². The van der Waals surface area contributed by atoms with Crippen LogP contribution in [-0.2, 0) is 17.7 Å². The highest BCUT2D eigenvalue weighted by molar-refractivity contribution is 7.21. The zero-order valence-electron chi connectivity index (χ0n) is 17.1. The number of amides is 1. The minimum atomic E-state index is -0.460. The van der Waals surface area contributed by atoms with Crippen LogP contribution in [0.4, 0.5) is 10.7 Å². The molecule has 0 fully saturated rings. The number of ether oxygens (including phenoxy) is 1. The number of carbonyl (C=O) groups is 2. The van der Waals surface area contributed by atoms with Gasteiger partial charge >= 0.3 is 5.97 Å². The van der Waals surface area contributed by atoms with Crippen molar-refractivity contribution in [2.75, 3.05) is 25.0 Å². The average Bonchev–Trinajstić information content (AvgIpc) is 3.33. The van der Waals surface area contributed by atoms with Gasteiger partial charge in [-0.3, -0.25) is 19.8 Å². The fourth-order valence-corrected chi connectivity index (χ4v) is 5.87. The number of non-ortho nitro benzene ring substituents is 1. The summed E-state index contributed by atoms with van der Waals surface area (Å²) in [5.41, 5.74) is 1.38. The van der Waals surface area contributed by atoms with Crippen LogP contribution < -0.4 is 5.32 Å². The average molecular weight is 460 g/mol. The first-order valence-electron chi connectivity index (χ1n) is 9.94. The van der Waals surface area contributed by atoms with Crippen molar-refractivity contribution >= 4 is 55.3 Å². The van der Waals surface area contributed by atoms with Gasteiger partial charge in [0.05, 0.1) is 22.0 Å². The van der Waals surface area contributed by atoms with E-state index in [1.807, 2.05) is 0 Å². The van der Waals surface area contributed by atoms with Crippen LogP contribution in [-0.4, -0.2) is 41.4 Å². The van der Waals surface area contributed by atoms with E-state index in [9.17, 15) is 19.7 Å². The topological polar surface area (TPSA) is 102 Å². The monoisotopic (exact) mass is 459 g/mol.